The number of ketones is 1. The van der Waals surface area contributed by atoms with Crippen LogP contribution >= 0.6 is 0 Å². The lowest BCUT2D eigenvalue weighted by Gasteiger charge is -2.04. The van der Waals surface area contributed by atoms with Crippen LogP contribution in [0.15, 0.2) is 0 Å². The lowest BCUT2D eigenvalue weighted by atomic mass is 10.3. The molecule has 0 atom stereocenters. The summed E-state index contributed by atoms with van der Waals surface area (Å²) in [6.07, 6.45) is 0.742. The molecule has 0 rings (SSSR count). The third-order valence-electron chi connectivity index (χ3n) is 1.63. The third kappa shape index (κ3) is 9.61. The van der Waals surface area contributed by atoms with Crippen LogP contribution in [0.25, 0.3) is 0 Å². The SMILES string of the molecule is CCCOCCOCC(=O)CC(=O)OCC. The van der Waals surface area contributed by atoms with E-state index < -0.39 is 5.97 Å². The number of hydrogen-bond donors (Lipinski definition) is 0. The predicted octanol–water partition coefficient (Wildman–Crippen LogP) is 0.952. The van der Waals surface area contributed by atoms with Crippen LogP contribution in [-0.2, 0) is 23.8 Å². The van der Waals surface area contributed by atoms with E-state index in [9.17, 15) is 9.59 Å². The summed E-state index contributed by atoms with van der Waals surface area (Å²) >= 11 is 0. The van der Waals surface area contributed by atoms with Gasteiger partial charge in [-0.25, -0.2) is 0 Å². The molecule has 0 aliphatic rings. The Balaban J connectivity index is 3.33. The van der Waals surface area contributed by atoms with Gasteiger partial charge in [-0.05, 0) is 13.3 Å². The molecule has 0 amide bonds. The van der Waals surface area contributed by atoms with Crippen molar-refractivity contribution in [3.8, 4) is 0 Å². The molecule has 16 heavy (non-hydrogen) atoms. The zero-order valence-electron chi connectivity index (χ0n) is 9.99. The summed E-state index contributed by atoms with van der Waals surface area (Å²) in [5, 5.41) is 0. The summed E-state index contributed by atoms with van der Waals surface area (Å²) in [7, 11) is 0. The molecule has 0 aliphatic carbocycles. The van der Waals surface area contributed by atoms with E-state index in [0.717, 1.165) is 6.42 Å². The van der Waals surface area contributed by atoms with Crippen molar-refractivity contribution in [1.82, 2.24) is 0 Å². The first-order chi connectivity index (χ1) is 7.70. The summed E-state index contributed by atoms with van der Waals surface area (Å²) in [5.74, 6) is -0.771. The van der Waals surface area contributed by atoms with Gasteiger partial charge in [-0.3, -0.25) is 9.59 Å². The maximum Gasteiger partial charge on any atom is 0.313 e. The Hall–Kier alpha value is -0.940. The zero-order valence-corrected chi connectivity index (χ0v) is 9.99. The monoisotopic (exact) mass is 232 g/mol. The molecular formula is C11H20O5. The molecule has 5 heteroatoms. The second-order valence-corrected chi connectivity index (χ2v) is 3.19. The molecule has 0 heterocycles. The first kappa shape index (κ1) is 15.1. The van der Waals surface area contributed by atoms with E-state index >= 15 is 0 Å². The Labute approximate surface area is 96.1 Å². The van der Waals surface area contributed by atoms with Crippen LogP contribution in [0.5, 0.6) is 0 Å². The Kier molecular flexibility index (Phi) is 9.95. The predicted molar refractivity (Wildman–Crippen MR) is 58.2 cm³/mol. The van der Waals surface area contributed by atoms with E-state index in [4.69, 9.17) is 9.47 Å². The maximum atomic E-state index is 11.2. The molecule has 0 unspecified atom stereocenters. The Morgan fingerprint density at radius 2 is 1.69 bits per heavy atom. The van der Waals surface area contributed by atoms with Crippen LogP contribution in [0.4, 0.5) is 0 Å². The normalized spacial score (nSPS) is 10.1. The molecule has 0 aromatic rings. The highest BCUT2D eigenvalue weighted by atomic mass is 16.5. The minimum Gasteiger partial charge on any atom is -0.466 e. The van der Waals surface area contributed by atoms with Crippen molar-refractivity contribution < 1.29 is 23.8 Å². The van der Waals surface area contributed by atoms with E-state index in [1.807, 2.05) is 6.92 Å². The molecule has 0 spiro atoms. The summed E-state index contributed by atoms with van der Waals surface area (Å²) in [6.45, 7) is 5.48. The van der Waals surface area contributed by atoms with Gasteiger partial charge in [0.1, 0.15) is 13.0 Å². The van der Waals surface area contributed by atoms with E-state index in [1.165, 1.54) is 0 Å². The van der Waals surface area contributed by atoms with Crippen molar-refractivity contribution in [1.29, 1.82) is 0 Å². The molecule has 0 saturated heterocycles. The highest BCUT2D eigenvalue weighted by molar-refractivity contribution is 5.96. The molecule has 0 aromatic heterocycles. The highest BCUT2D eigenvalue weighted by Gasteiger charge is 2.09. The largest absolute Gasteiger partial charge is 0.466 e. The molecular weight excluding hydrogens is 212 g/mol. The molecule has 0 radical (unpaired) electrons. The van der Waals surface area contributed by atoms with Gasteiger partial charge in [0.25, 0.3) is 0 Å². The van der Waals surface area contributed by atoms with Gasteiger partial charge in [0.2, 0.25) is 0 Å². The first-order valence-corrected chi connectivity index (χ1v) is 5.53. The molecule has 0 bridgehead atoms. The van der Waals surface area contributed by atoms with Crippen LogP contribution in [-0.4, -0.2) is 44.8 Å². The van der Waals surface area contributed by atoms with E-state index in [2.05, 4.69) is 4.74 Å². The van der Waals surface area contributed by atoms with Crippen LogP contribution < -0.4 is 0 Å². The summed E-state index contributed by atoms with van der Waals surface area (Å²) in [6, 6.07) is 0. The Morgan fingerprint density at radius 1 is 1.00 bits per heavy atom. The maximum absolute atomic E-state index is 11.2. The summed E-state index contributed by atoms with van der Waals surface area (Å²) in [4.78, 5) is 22.1. The highest BCUT2D eigenvalue weighted by Crippen LogP contribution is 1.90. The summed E-state index contributed by atoms with van der Waals surface area (Å²) in [5.41, 5.74) is 0. The Morgan fingerprint density at radius 3 is 2.31 bits per heavy atom. The average Bonchev–Trinajstić information content (AvgIpc) is 2.23. The van der Waals surface area contributed by atoms with Crippen molar-refractivity contribution in [3.63, 3.8) is 0 Å². The number of ether oxygens (including phenoxy) is 3. The topological polar surface area (TPSA) is 61.8 Å². The van der Waals surface area contributed by atoms with Crippen LogP contribution in [0.2, 0.25) is 0 Å². The Bertz CT molecular complexity index is 203. The fourth-order valence-corrected chi connectivity index (χ4v) is 0.974. The van der Waals surface area contributed by atoms with E-state index in [0.29, 0.717) is 19.8 Å². The molecule has 0 aromatic carbocycles. The van der Waals surface area contributed by atoms with Crippen molar-refractivity contribution >= 4 is 11.8 Å². The van der Waals surface area contributed by atoms with Gasteiger partial charge >= 0.3 is 5.97 Å². The fraction of sp³-hybridized carbons (Fsp3) is 0.818. The number of rotatable bonds is 10. The second-order valence-electron chi connectivity index (χ2n) is 3.19. The number of hydrogen-bond acceptors (Lipinski definition) is 5. The number of carbonyl (C=O) groups is 2. The van der Waals surface area contributed by atoms with Crippen LogP contribution in [0.3, 0.4) is 0 Å². The van der Waals surface area contributed by atoms with Gasteiger partial charge in [-0.1, -0.05) is 6.92 Å². The quantitative estimate of drug-likeness (QED) is 0.319. The van der Waals surface area contributed by atoms with Crippen LogP contribution in [0.1, 0.15) is 26.7 Å². The second kappa shape index (κ2) is 10.6. The number of Topliss-reactive ketones (excluding diaryl/α,β-unsaturated/α-hetero) is 1. The van der Waals surface area contributed by atoms with Crippen molar-refractivity contribution in [2.45, 2.75) is 26.7 Å². The van der Waals surface area contributed by atoms with Crippen molar-refractivity contribution in [3.05, 3.63) is 0 Å². The third-order valence-corrected chi connectivity index (χ3v) is 1.63. The van der Waals surface area contributed by atoms with E-state index in [1.54, 1.807) is 6.92 Å². The molecule has 5 nitrogen and oxygen atoms in total. The summed E-state index contributed by atoms with van der Waals surface area (Å²) < 4.78 is 14.8. The zero-order chi connectivity index (χ0) is 12.2. The first-order valence-electron chi connectivity index (χ1n) is 5.53. The smallest absolute Gasteiger partial charge is 0.313 e. The average molecular weight is 232 g/mol. The lowest BCUT2D eigenvalue weighted by molar-refractivity contribution is -0.146. The molecule has 0 fully saturated rings. The minimum absolute atomic E-state index is 0.0612. The lowest BCUT2D eigenvalue weighted by Crippen LogP contribution is -2.17. The molecule has 0 saturated carbocycles. The number of esters is 1. The molecule has 0 N–H and O–H groups in total. The van der Waals surface area contributed by atoms with Gasteiger partial charge < -0.3 is 14.2 Å². The van der Waals surface area contributed by atoms with Gasteiger partial charge in [0.15, 0.2) is 5.78 Å². The standard InChI is InChI=1S/C11H20O5/c1-3-5-14-6-7-15-9-10(12)8-11(13)16-4-2/h3-9H2,1-2H3. The van der Waals surface area contributed by atoms with Gasteiger partial charge in [-0.15, -0.1) is 0 Å². The fourth-order valence-electron chi connectivity index (χ4n) is 0.974. The van der Waals surface area contributed by atoms with Crippen molar-refractivity contribution in [2.24, 2.45) is 0 Å². The molecule has 94 valence electrons. The van der Waals surface area contributed by atoms with Gasteiger partial charge in [0, 0.05) is 6.61 Å². The van der Waals surface area contributed by atoms with Crippen molar-refractivity contribution in [2.75, 3.05) is 33.0 Å². The van der Waals surface area contributed by atoms with Gasteiger partial charge in [-0.2, -0.15) is 0 Å². The molecule has 0 aliphatic heterocycles. The van der Waals surface area contributed by atoms with Crippen LogP contribution in [0, 0.1) is 0 Å². The van der Waals surface area contributed by atoms with E-state index in [-0.39, 0.29) is 25.4 Å². The minimum atomic E-state index is -0.502. The number of carbonyl (C=O) groups excluding carboxylic acids is 2. The van der Waals surface area contributed by atoms with Gasteiger partial charge in [0.05, 0.1) is 19.8 Å².